The van der Waals surface area contributed by atoms with Gasteiger partial charge in [0.25, 0.3) is 0 Å². The molecule has 20 heavy (non-hydrogen) atoms. The van der Waals surface area contributed by atoms with Gasteiger partial charge in [0.1, 0.15) is 0 Å². The van der Waals surface area contributed by atoms with Crippen LogP contribution in [0.1, 0.15) is 36.6 Å². The van der Waals surface area contributed by atoms with Crippen LogP contribution < -0.4 is 5.32 Å². The van der Waals surface area contributed by atoms with Crippen LogP contribution in [0.2, 0.25) is 0 Å². The first-order valence-corrected chi connectivity index (χ1v) is 7.49. The third-order valence-electron chi connectivity index (χ3n) is 3.93. The van der Waals surface area contributed by atoms with Gasteiger partial charge in [0.2, 0.25) is 5.95 Å². The molecular formula is C17H23N3. The first-order chi connectivity index (χ1) is 9.63. The molecule has 1 unspecified atom stereocenters. The van der Waals surface area contributed by atoms with Gasteiger partial charge < -0.3 is 9.88 Å². The summed E-state index contributed by atoms with van der Waals surface area (Å²) in [5.41, 5.74) is 4.09. The highest BCUT2D eigenvalue weighted by molar-refractivity contribution is 5.42. The SMILES string of the molecule is Cc1cn(CC(C)C)c(NCC2Cc3ccccc32)n1. The molecule has 1 atom stereocenters. The third kappa shape index (κ3) is 2.58. The van der Waals surface area contributed by atoms with Crippen LogP contribution in [0.25, 0.3) is 0 Å². The molecule has 0 bridgehead atoms. The molecule has 0 amide bonds. The Morgan fingerprint density at radius 1 is 1.35 bits per heavy atom. The number of fused-ring (bicyclic) bond motifs is 1. The second-order valence-corrected chi connectivity index (χ2v) is 6.23. The van der Waals surface area contributed by atoms with Gasteiger partial charge in [-0.3, -0.25) is 0 Å². The van der Waals surface area contributed by atoms with E-state index in [2.05, 4.69) is 66.1 Å². The lowest BCUT2D eigenvalue weighted by molar-refractivity contribution is 0.524. The highest BCUT2D eigenvalue weighted by Gasteiger charge is 2.25. The molecule has 0 spiro atoms. The Morgan fingerprint density at radius 3 is 2.90 bits per heavy atom. The minimum atomic E-state index is 0.633. The van der Waals surface area contributed by atoms with E-state index < -0.39 is 0 Å². The van der Waals surface area contributed by atoms with Crippen LogP contribution in [-0.2, 0) is 13.0 Å². The van der Waals surface area contributed by atoms with E-state index in [-0.39, 0.29) is 0 Å². The fourth-order valence-electron chi connectivity index (χ4n) is 2.98. The molecule has 0 saturated carbocycles. The number of nitrogens with zero attached hydrogens (tertiary/aromatic N) is 2. The quantitative estimate of drug-likeness (QED) is 0.898. The second kappa shape index (κ2) is 5.31. The van der Waals surface area contributed by atoms with Gasteiger partial charge in [-0.15, -0.1) is 0 Å². The number of rotatable bonds is 5. The number of anilines is 1. The van der Waals surface area contributed by atoms with Gasteiger partial charge in [-0.25, -0.2) is 4.98 Å². The van der Waals surface area contributed by atoms with Crippen molar-refractivity contribution in [3.63, 3.8) is 0 Å². The van der Waals surface area contributed by atoms with Gasteiger partial charge >= 0.3 is 0 Å². The molecule has 1 aliphatic rings. The summed E-state index contributed by atoms with van der Waals surface area (Å²) in [6.45, 7) is 8.53. The Balaban J connectivity index is 1.65. The molecule has 1 aromatic heterocycles. The number of nitrogens with one attached hydrogen (secondary N) is 1. The lowest BCUT2D eigenvalue weighted by Crippen LogP contribution is -2.25. The van der Waals surface area contributed by atoms with Crippen LogP contribution in [0.5, 0.6) is 0 Å². The van der Waals surface area contributed by atoms with E-state index in [0.29, 0.717) is 11.8 Å². The van der Waals surface area contributed by atoms with Crippen molar-refractivity contribution < 1.29 is 0 Å². The van der Waals surface area contributed by atoms with Crippen molar-refractivity contribution in [2.24, 2.45) is 5.92 Å². The smallest absolute Gasteiger partial charge is 0.203 e. The first kappa shape index (κ1) is 13.2. The van der Waals surface area contributed by atoms with Crippen molar-refractivity contribution in [2.75, 3.05) is 11.9 Å². The predicted molar refractivity (Wildman–Crippen MR) is 83.2 cm³/mol. The number of hydrogen-bond donors (Lipinski definition) is 1. The Hall–Kier alpha value is -1.77. The standard InChI is InChI=1S/C17H23N3/c1-12(2)10-20-11-13(3)19-17(20)18-9-15-8-14-6-4-5-7-16(14)15/h4-7,11-12,15H,8-10H2,1-3H3,(H,18,19). The van der Waals surface area contributed by atoms with Crippen LogP contribution in [-0.4, -0.2) is 16.1 Å². The first-order valence-electron chi connectivity index (χ1n) is 7.49. The maximum atomic E-state index is 4.60. The maximum Gasteiger partial charge on any atom is 0.203 e. The monoisotopic (exact) mass is 269 g/mol. The van der Waals surface area contributed by atoms with Crippen molar-refractivity contribution in [3.05, 3.63) is 47.3 Å². The summed E-state index contributed by atoms with van der Waals surface area (Å²) in [7, 11) is 0. The van der Waals surface area contributed by atoms with Crippen LogP contribution in [0.3, 0.4) is 0 Å². The molecule has 1 aromatic carbocycles. The van der Waals surface area contributed by atoms with E-state index >= 15 is 0 Å². The van der Waals surface area contributed by atoms with Gasteiger partial charge in [-0.1, -0.05) is 38.1 Å². The molecule has 0 fully saturated rings. The van der Waals surface area contributed by atoms with Crippen LogP contribution in [0, 0.1) is 12.8 Å². The van der Waals surface area contributed by atoms with Crippen molar-refractivity contribution >= 4 is 5.95 Å². The molecule has 1 heterocycles. The topological polar surface area (TPSA) is 29.9 Å². The summed E-state index contributed by atoms with van der Waals surface area (Å²) in [4.78, 5) is 4.60. The zero-order chi connectivity index (χ0) is 14.1. The van der Waals surface area contributed by atoms with E-state index in [0.717, 1.165) is 24.7 Å². The lowest BCUT2D eigenvalue weighted by atomic mass is 9.78. The molecule has 3 rings (SSSR count). The molecule has 106 valence electrons. The molecule has 3 nitrogen and oxygen atoms in total. The molecule has 1 N–H and O–H groups in total. The average molecular weight is 269 g/mol. The number of imidazole rings is 1. The molecular weight excluding hydrogens is 246 g/mol. The van der Waals surface area contributed by atoms with Crippen molar-refractivity contribution in [1.82, 2.24) is 9.55 Å². The summed E-state index contributed by atoms with van der Waals surface area (Å²) < 4.78 is 2.24. The largest absolute Gasteiger partial charge is 0.355 e. The number of hydrogen-bond acceptors (Lipinski definition) is 2. The van der Waals surface area contributed by atoms with E-state index in [4.69, 9.17) is 0 Å². The van der Waals surface area contributed by atoms with Crippen LogP contribution in [0.4, 0.5) is 5.95 Å². The number of aryl methyl sites for hydroxylation is 1. The fourth-order valence-corrected chi connectivity index (χ4v) is 2.98. The molecule has 0 radical (unpaired) electrons. The molecule has 3 heteroatoms. The summed E-state index contributed by atoms with van der Waals surface area (Å²) in [6.07, 6.45) is 3.32. The van der Waals surface area contributed by atoms with Gasteiger partial charge in [0.05, 0.1) is 5.69 Å². The summed E-state index contributed by atoms with van der Waals surface area (Å²) in [5.74, 6) is 2.28. The van der Waals surface area contributed by atoms with Crippen LogP contribution >= 0.6 is 0 Å². The Labute approximate surface area is 121 Å². The predicted octanol–water partition coefficient (Wildman–Crippen LogP) is 3.60. The third-order valence-corrected chi connectivity index (χ3v) is 3.93. The van der Waals surface area contributed by atoms with Crippen molar-refractivity contribution in [2.45, 2.75) is 39.7 Å². The van der Waals surface area contributed by atoms with Crippen LogP contribution in [0.15, 0.2) is 30.5 Å². The molecule has 0 saturated heterocycles. The fraction of sp³-hybridized carbons (Fsp3) is 0.471. The van der Waals surface area contributed by atoms with E-state index in [1.807, 2.05) is 0 Å². The van der Waals surface area contributed by atoms with E-state index in [9.17, 15) is 0 Å². The number of aromatic nitrogens is 2. The highest BCUT2D eigenvalue weighted by atomic mass is 15.2. The average Bonchev–Trinajstić information content (AvgIpc) is 2.70. The molecule has 1 aliphatic carbocycles. The number of benzene rings is 1. The summed E-state index contributed by atoms with van der Waals surface area (Å²) >= 11 is 0. The highest BCUT2D eigenvalue weighted by Crippen LogP contribution is 2.34. The lowest BCUT2D eigenvalue weighted by Gasteiger charge is -2.30. The second-order valence-electron chi connectivity index (χ2n) is 6.23. The van der Waals surface area contributed by atoms with E-state index in [1.54, 1.807) is 0 Å². The molecule has 2 aromatic rings. The van der Waals surface area contributed by atoms with Crippen molar-refractivity contribution in [3.8, 4) is 0 Å². The Bertz CT molecular complexity index is 598. The Morgan fingerprint density at radius 2 is 2.15 bits per heavy atom. The zero-order valence-corrected chi connectivity index (χ0v) is 12.6. The minimum Gasteiger partial charge on any atom is -0.355 e. The van der Waals surface area contributed by atoms with Gasteiger partial charge in [0.15, 0.2) is 0 Å². The maximum absolute atomic E-state index is 4.60. The summed E-state index contributed by atoms with van der Waals surface area (Å²) in [5, 5.41) is 3.53. The zero-order valence-electron chi connectivity index (χ0n) is 12.6. The minimum absolute atomic E-state index is 0.633. The van der Waals surface area contributed by atoms with Gasteiger partial charge in [-0.05, 0) is 30.4 Å². The normalized spacial score (nSPS) is 16.9. The van der Waals surface area contributed by atoms with Crippen molar-refractivity contribution in [1.29, 1.82) is 0 Å². The van der Waals surface area contributed by atoms with E-state index in [1.165, 1.54) is 17.5 Å². The summed E-state index contributed by atoms with van der Waals surface area (Å²) in [6, 6.07) is 8.74. The van der Waals surface area contributed by atoms with Gasteiger partial charge in [-0.2, -0.15) is 0 Å². The Kier molecular flexibility index (Phi) is 3.51. The van der Waals surface area contributed by atoms with Gasteiger partial charge in [0, 0.05) is 25.2 Å². The molecule has 0 aliphatic heterocycles.